The molecule has 1 aromatic carbocycles. The second kappa shape index (κ2) is 7.07. The standard InChI is InChI=1S/C19H23N3O4/c1-12-20-21-18(25-12)9-16-8-14-10-22(11-17(14)26-16)19(23)7-13-4-3-5-15(6-13)24-2/h3-6,14,16-17H,7-11H2,1-2H3/t14-,16+,17+/m0/s1. The summed E-state index contributed by atoms with van der Waals surface area (Å²) < 4.78 is 16.8. The molecule has 0 radical (unpaired) electrons. The van der Waals surface area contributed by atoms with Gasteiger partial charge in [0.05, 0.1) is 32.2 Å². The van der Waals surface area contributed by atoms with Gasteiger partial charge in [-0.1, -0.05) is 12.1 Å². The smallest absolute Gasteiger partial charge is 0.227 e. The van der Waals surface area contributed by atoms with Crippen molar-refractivity contribution in [3.63, 3.8) is 0 Å². The van der Waals surface area contributed by atoms with E-state index in [-0.39, 0.29) is 18.1 Å². The zero-order valence-corrected chi connectivity index (χ0v) is 15.1. The van der Waals surface area contributed by atoms with Crippen molar-refractivity contribution in [1.82, 2.24) is 15.1 Å². The number of hydrogen-bond donors (Lipinski definition) is 0. The molecule has 0 unspecified atom stereocenters. The molecule has 2 saturated heterocycles. The average Bonchev–Trinajstić information content (AvgIpc) is 3.30. The lowest BCUT2D eigenvalue weighted by Crippen LogP contribution is -2.32. The Kier molecular flexibility index (Phi) is 4.63. The number of rotatable bonds is 5. The number of benzene rings is 1. The molecule has 2 aromatic rings. The van der Waals surface area contributed by atoms with Crippen molar-refractivity contribution in [2.75, 3.05) is 20.2 Å². The van der Waals surface area contributed by atoms with E-state index in [1.165, 1.54) is 0 Å². The number of amides is 1. The first kappa shape index (κ1) is 17.0. The van der Waals surface area contributed by atoms with Crippen LogP contribution in [-0.4, -0.2) is 53.4 Å². The van der Waals surface area contributed by atoms with Gasteiger partial charge in [-0.25, -0.2) is 0 Å². The molecule has 2 fully saturated rings. The highest BCUT2D eigenvalue weighted by molar-refractivity contribution is 5.79. The van der Waals surface area contributed by atoms with Crippen LogP contribution in [0, 0.1) is 12.8 Å². The van der Waals surface area contributed by atoms with Crippen molar-refractivity contribution < 1.29 is 18.7 Å². The molecule has 138 valence electrons. The summed E-state index contributed by atoms with van der Waals surface area (Å²) in [6.07, 6.45) is 2.17. The first-order valence-electron chi connectivity index (χ1n) is 8.96. The Morgan fingerprint density at radius 2 is 2.23 bits per heavy atom. The summed E-state index contributed by atoms with van der Waals surface area (Å²) in [5, 5.41) is 7.89. The van der Waals surface area contributed by atoms with E-state index in [1.54, 1.807) is 14.0 Å². The molecule has 7 heteroatoms. The molecule has 2 aliphatic heterocycles. The molecule has 26 heavy (non-hydrogen) atoms. The Morgan fingerprint density at radius 1 is 1.35 bits per heavy atom. The third kappa shape index (κ3) is 3.58. The fourth-order valence-electron chi connectivity index (χ4n) is 3.88. The van der Waals surface area contributed by atoms with Crippen molar-refractivity contribution >= 4 is 5.91 Å². The molecule has 7 nitrogen and oxygen atoms in total. The van der Waals surface area contributed by atoms with Crippen LogP contribution in [0.5, 0.6) is 5.75 Å². The lowest BCUT2D eigenvalue weighted by molar-refractivity contribution is -0.130. The molecular formula is C19H23N3O4. The topological polar surface area (TPSA) is 77.7 Å². The largest absolute Gasteiger partial charge is 0.497 e. The summed E-state index contributed by atoms with van der Waals surface area (Å²) in [7, 11) is 1.63. The van der Waals surface area contributed by atoms with Gasteiger partial charge in [0.1, 0.15) is 5.75 Å². The number of nitrogens with zero attached hydrogens (tertiary/aromatic N) is 3. The van der Waals surface area contributed by atoms with E-state index in [4.69, 9.17) is 13.9 Å². The SMILES string of the molecule is COc1cccc(CC(=O)N2C[C@@H]3C[C@H](Cc4nnc(C)o4)O[C@@H]3C2)c1. The molecule has 4 rings (SSSR count). The highest BCUT2D eigenvalue weighted by Gasteiger charge is 2.43. The van der Waals surface area contributed by atoms with Gasteiger partial charge in [-0.2, -0.15) is 0 Å². The van der Waals surface area contributed by atoms with Crippen LogP contribution >= 0.6 is 0 Å². The minimum absolute atomic E-state index is 0.0977. The highest BCUT2D eigenvalue weighted by atomic mass is 16.5. The normalized spacial score (nSPS) is 24.7. The second-order valence-electron chi connectivity index (χ2n) is 7.04. The Morgan fingerprint density at radius 3 is 2.96 bits per heavy atom. The van der Waals surface area contributed by atoms with Crippen LogP contribution in [0.25, 0.3) is 0 Å². The van der Waals surface area contributed by atoms with Crippen molar-refractivity contribution in [2.24, 2.45) is 5.92 Å². The monoisotopic (exact) mass is 357 g/mol. The second-order valence-corrected chi connectivity index (χ2v) is 7.04. The summed E-state index contributed by atoms with van der Waals surface area (Å²) in [5.41, 5.74) is 0.969. The van der Waals surface area contributed by atoms with Crippen LogP contribution in [-0.2, 0) is 22.4 Å². The number of carbonyl (C=O) groups excluding carboxylic acids is 1. The number of ether oxygens (including phenoxy) is 2. The molecule has 3 atom stereocenters. The predicted molar refractivity (Wildman–Crippen MR) is 92.8 cm³/mol. The fraction of sp³-hybridized carbons (Fsp3) is 0.526. The van der Waals surface area contributed by atoms with Crippen molar-refractivity contribution in [1.29, 1.82) is 0 Å². The van der Waals surface area contributed by atoms with Gasteiger partial charge in [0.15, 0.2) is 0 Å². The van der Waals surface area contributed by atoms with Gasteiger partial charge in [0.2, 0.25) is 17.7 Å². The summed E-state index contributed by atoms with van der Waals surface area (Å²) in [6, 6.07) is 7.66. The van der Waals surface area contributed by atoms with Crippen LogP contribution in [0.3, 0.4) is 0 Å². The summed E-state index contributed by atoms with van der Waals surface area (Å²) in [6.45, 7) is 3.20. The predicted octanol–water partition coefficient (Wildman–Crippen LogP) is 1.79. The maximum absolute atomic E-state index is 12.6. The van der Waals surface area contributed by atoms with Gasteiger partial charge in [-0.05, 0) is 24.1 Å². The zero-order valence-electron chi connectivity index (χ0n) is 15.1. The van der Waals surface area contributed by atoms with E-state index in [0.29, 0.717) is 37.1 Å². The summed E-state index contributed by atoms with van der Waals surface area (Å²) in [4.78, 5) is 14.5. The molecule has 3 heterocycles. The fourth-order valence-corrected chi connectivity index (χ4v) is 3.88. The van der Waals surface area contributed by atoms with Gasteiger partial charge in [-0.3, -0.25) is 4.79 Å². The summed E-state index contributed by atoms with van der Waals surface area (Å²) >= 11 is 0. The van der Waals surface area contributed by atoms with Crippen LogP contribution in [0.1, 0.15) is 23.8 Å². The van der Waals surface area contributed by atoms with Gasteiger partial charge in [-0.15, -0.1) is 10.2 Å². The maximum Gasteiger partial charge on any atom is 0.227 e. The number of methoxy groups -OCH3 is 1. The highest BCUT2D eigenvalue weighted by Crippen LogP contribution is 2.34. The maximum atomic E-state index is 12.6. The number of fused-ring (bicyclic) bond motifs is 1. The first-order valence-corrected chi connectivity index (χ1v) is 8.96. The van der Waals surface area contributed by atoms with Gasteiger partial charge in [0, 0.05) is 25.9 Å². The molecule has 1 aromatic heterocycles. The minimum Gasteiger partial charge on any atom is -0.497 e. The van der Waals surface area contributed by atoms with E-state index >= 15 is 0 Å². The molecule has 2 aliphatic rings. The number of carbonyl (C=O) groups is 1. The first-order chi connectivity index (χ1) is 12.6. The van der Waals surface area contributed by atoms with Crippen LogP contribution in [0.15, 0.2) is 28.7 Å². The van der Waals surface area contributed by atoms with Gasteiger partial charge >= 0.3 is 0 Å². The third-order valence-corrected chi connectivity index (χ3v) is 5.13. The molecular weight excluding hydrogens is 334 g/mol. The van der Waals surface area contributed by atoms with E-state index in [0.717, 1.165) is 24.3 Å². The van der Waals surface area contributed by atoms with Gasteiger partial charge < -0.3 is 18.8 Å². The molecule has 0 N–H and O–H groups in total. The third-order valence-electron chi connectivity index (χ3n) is 5.13. The number of aromatic nitrogens is 2. The van der Waals surface area contributed by atoms with E-state index in [1.807, 2.05) is 29.2 Å². The van der Waals surface area contributed by atoms with Crippen molar-refractivity contribution in [3.05, 3.63) is 41.6 Å². The molecule has 0 bridgehead atoms. The van der Waals surface area contributed by atoms with Crippen LogP contribution in [0.4, 0.5) is 0 Å². The number of aryl methyl sites for hydroxylation is 1. The zero-order chi connectivity index (χ0) is 18.1. The lowest BCUT2D eigenvalue weighted by atomic mass is 10.0. The molecule has 0 spiro atoms. The van der Waals surface area contributed by atoms with Crippen molar-refractivity contribution in [3.8, 4) is 5.75 Å². The average molecular weight is 357 g/mol. The Balaban J connectivity index is 1.30. The van der Waals surface area contributed by atoms with E-state index in [2.05, 4.69) is 10.2 Å². The Labute approximate surface area is 152 Å². The van der Waals surface area contributed by atoms with E-state index < -0.39 is 0 Å². The minimum atomic E-state index is 0.0977. The van der Waals surface area contributed by atoms with Gasteiger partial charge in [0.25, 0.3) is 0 Å². The van der Waals surface area contributed by atoms with Crippen LogP contribution < -0.4 is 4.74 Å². The quantitative estimate of drug-likeness (QED) is 0.812. The lowest BCUT2D eigenvalue weighted by Gasteiger charge is -2.19. The molecule has 0 saturated carbocycles. The van der Waals surface area contributed by atoms with Crippen molar-refractivity contribution in [2.45, 2.75) is 38.4 Å². The Hall–Kier alpha value is -2.41. The Bertz CT molecular complexity index is 777. The summed E-state index contributed by atoms with van der Waals surface area (Å²) in [5.74, 6) is 2.50. The van der Waals surface area contributed by atoms with Crippen LogP contribution in [0.2, 0.25) is 0 Å². The van der Waals surface area contributed by atoms with E-state index in [9.17, 15) is 4.79 Å². The molecule has 1 amide bonds. The molecule has 0 aliphatic carbocycles. The number of likely N-dealkylation sites (tertiary alicyclic amines) is 1. The number of hydrogen-bond acceptors (Lipinski definition) is 6.